The maximum absolute atomic E-state index is 10.3. The van der Waals surface area contributed by atoms with Crippen LogP contribution in [0.2, 0.25) is 5.02 Å². The number of hydrogen-bond acceptors (Lipinski definition) is 1. The van der Waals surface area contributed by atoms with Gasteiger partial charge in [0.1, 0.15) is 0 Å². The van der Waals surface area contributed by atoms with Gasteiger partial charge in [-0.2, -0.15) is 0 Å². The Kier molecular flexibility index (Phi) is 5.06. The predicted molar refractivity (Wildman–Crippen MR) is 87.0 cm³/mol. The number of rotatable bonds is 3. The summed E-state index contributed by atoms with van der Waals surface area (Å²) in [5.74, 6) is 0. The minimum absolute atomic E-state index is 0.512. The van der Waals surface area contributed by atoms with Crippen molar-refractivity contribution in [2.24, 2.45) is 0 Å². The van der Waals surface area contributed by atoms with Crippen LogP contribution in [0.5, 0.6) is 0 Å². The third kappa shape index (κ3) is 3.47. The average molecular weight is 438 g/mol. The van der Waals surface area contributed by atoms with Gasteiger partial charge in [-0.25, -0.2) is 0 Å². The maximum atomic E-state index is 10.3. The van der Waals surface area contributed by atoms with Gasteiger partial charge in [0.2, 0.25) is 0 Å². The lowest BCUT2D eigenvalue weighted by Gasteiger charge is -2.14. The van der Waals surface area contributed by atoms with Gasteiger partial charge in [0.05, 0.1) is 6.10 Å². The molecule has 0 aliphatic rings. The van der Waals surface area contributed by atoms with E-state index in [4.69, 9.17) is 11.6 Å². The first-order valence-electron chi connectivity index (χ1n) is 5.44. The second-order valence-corrected chi connectivity index (χ2v) is 6.48. The molecule has 0 heterocycles. The molecule has 0 aromatic heterocycles. The molecular formula is C14H11BrClIO. The zero-order chi connectivity index (χ0) is 13.1. The molecule has 18 heavy (non-hydrogen) atoms. The van der Waals surface area contributed by atoms with E-state index in [1.165, 1.54) is 0 Å². The van der Waals surface area contributed by atoms with Crippen molar-refractivity contribution in [3.63, 3.8) is 0 Å². The van der Waals surface area contributed by atoms with E-state index < -0.39 is 6.10 Å². The van der Waals surface area contributed by atoms with E-state index in [1.54, 1.807) is 0 Å². The van der Waals surface area contributed by atoms with E-state index in [1.807, 2.05) is 42.5 Å². The Hall–Kier alpha value is -0.100. The van der Waals surface area contributed by atoms with Gasteiger partial charge in [-0.1, -0.05) is 45.7 Å². The SMILES string of the molecule is OC(Cc1ccccc1Cl)c1cc(I)ccc1Br. The summed E-state index contributed by atoms with van der Waals surface area (Å²) in [7, 11) is 0. The van der Waals surface area contributed by atoms with Crippen molar-refractivity contribution in [1.29, 1.82) is 0 Å². The topological polar surface area (TPSA) is 20.2 Å². The van der Waals surface area contributed by atoms with Gasteiger partial charge in [-0.15, -0.1) is 0 Å². The lowest BCUT2D eigenvalue weighted by atomic mass is 10.0. The summed E-state index contributed by atoms with van der Waals surface area (Å²) in [6.07, 6.45) is -0.0489. The van der Waals surface area contributed by atoms with Crippen LogP contribution in [0.1, 0.15) is 17.2 Å². The highest BCUT2D eigenvalue weighted by Gasteiger charge is 2.14. The Labute approximate surface area is 133 Å². The Balaban J connectivity index is 2.25. The third-order valence-electron chi connectivity index (χ3n) is 2.69. The smallest absolute Gasteiger partial charge is 0.0842 e. The first-order valence-corrected chi connectivity index (χ1v) is 7.69. The van der Waals surface area contributed by atoms with Gasteiger partial charge in [-0.05, 0) is 58.0 Å². The first kappa shape index (κ1) is 14.3. The molecule has 0 amide bonds. The monoisotopic (exact) mass is 436 g/mol. The van der Waals surface area contributed by atoms with Gasteiger partial charge in [0.15, 0.2) is 0 Å². The van der Waals surface area contributed by atoms with Crippen LogP contribution >= 0.6 is 50.1 Å². The number of aliphatic hydroxyl groups excluding tert-OH is 1. The zero-order valence-corrected chi connectivity index (χ0v) is 13.9. The fourth-order valence-corrected chi connectivity index (χ4v) is 2.99. The minimum Gasteiger partial charge on any atom is -0.388 e. The summed E-state index contributed by atoms with van der Waals surface area (Å²) >= 11 is 11.8. The summed E-state index contributed by atoms with van der Waals surface area (Å²) in [6, 6.07) is 13.5. The number of hydrogen-bond donors (Lipinski definition) is 1. The summed E-state index contributed by atoms with van der Waals surface area (Å²) in [6.45, 7) is 0. The molecule has 1 unspecified atom stereocenters. The van der Waals surface area contributed by atoms with Gasteiger partial charge >= 0.3 is 0 Å². The van der Waals surface area contributed by atoms with E-state index in [9.17, 15) is 5.11 Å². The summed E-state index contributed by atoms with van der Waals surface area (Å²) in [5.41, 5.74) is 1.85. The third-order valence-corrected chi connectivity index (χ3v) is 4.45. The van der Waals surface area contributed by atoms with E-state index in [0.29, 0.717) is 11.4 Å². The quantitative estimate of drug-likeness (QED) is 0.672. The minimum atomic E-state index is -0.561. The van der Waals surface area contributed by atoms with E-state index in [-0.39, 0.29) is 0 Å². The Bertz CT molecular complexity index is 559. The van der Waals surface area contributed by atoms with Crippen molar-refractivity contribution in [3.8, 4) is 0 Å². The fourth-order valence-electron chi connectivity index (χ4n) is 1.75. The highest BCUT2D eigenvalue weighted by Crippen LogP contribution is 2.29. The summed E-state index contributed by atoms with van der Waals surface area (Å²) in [4.78, 5) is 0. The number of benzene rings is 2. The largest absolute Gasteiger partial charge is 0.388 e. The molecule has 0 radical (unpaired) electrons. The van der Waals surface area contributed by atoms with Crippen molar-refractivity contribution in [2.45, 2.75) is 12.5 Å². The van der Waals surface area contributed by atoms with E-state index >= 15 is 0 Å². The molecule has 2 aromatic rings. The normalized spacial score (nSPS) is 12.4. The van der Waals surface area contributed by atoms with Gasteiger partial charge in [0, 0.05) is 19.5 Å². The van der Waals surface area contributed by atoms with Crippen LogP contribution in [0.15, 0.2) is 46.9 Å². The van der Waals surface area contributed by atoms with Crippen LogP contribution in [0.3, 0.4) is 0 Å². The lowest BCUT2D eigenvalue weighted by molar-refractivity contribution is 0.177. The van der Waals surface area contributed by atoms with Crippen molar-refractivity contribution in [2.75, 3.05) is 0 Å². The molecule has 0 saturated carbocycles. The van der Waals surface area contributed by atoms with Crippen molar-refractivity contribution >= 4 is 50.1 Å². The molecule has 0 aliphatic heterocycles. The lowest BCUT2D eigenvalue weighted by Crippen LogP contribution is -2.03. The molecule has 0 bridgehead atoms. The van der Waals surface area contributed by atoms with Crippen molar-refractivity contribution < 1.29 is 5.11 Å². The molecule has 0 fully saturated rings. The molecule has 0 saturated heterocycles. The summed E-state index contributed by atoms with van der Waals surface area (Å²) in [5, 5.41) is 11.0. The van der Waals surface area contributed by atoms with Crippen molar-refractivity contribution in [1.82, 2.24) is 0 Å². The molecule has 2 rings (SSSR count). The highest BCUT2D eigenvalue weighted by molar-refractivity contribution is 14.1. The molecule has 4 heteroatoms. The molecular weight excluding hydrogens is 426 g/mol. The molecule has 1 atom stereocenters. The molecule has 2 aromatic carbocycles. The van der Waals surface area contributed by atoms with Crippen LogP contribution in [0.4, 0.5) is 0 Å². The number of halogens is 3. The molecule has 0 spiro atoms. The molecule has 1 N–H and O–H groups in total. The van der Waals surface area contributed by atoms with Crippen LogP contribution in [-0.4, -0.2) is 5.11 Å². The predicted octanol–water partition coefficient (Wildman–Crippen LogP) is 4.98. The molecule has 0 aliphatic carbocycles. The zero-order valence-electron chi connectivity index (χ0n) is 9.41. The Morgan fingerprint density at radius 1 is 1.22 bits per heavy atom. The fraction of sp³-hybridized carbons (Fsp3) is 0.143. The highest BCUT2D eigenvalue weighted by atomic mass is 127. The van der Waals surface area contributed by atoms with Gasteiger partial charge < -0.3 is 5.11 Å². The Morgan fingerprint density at radius 2 is 1.94 bits per heavy atom. The van der Waals surface area contributed by atoms with Crippen LogP contribution in [0, 0.1) is 3.57 Å². The van der Waals surface area contributed by atoms with Crippen LogP contribution in [0.25, 0.3) is 0 Å². The number of aliphatic hydroxyl groups is 1. The van der Waals surface area contributed by atoms with E-state index in [0.717, 1.165) is 19.2 Å². The summed E-state index contributed by atoms with van der Waals surface area (Å²) < 4.78 is 2.02. The second kappa shape index (κ2) is 6.37. The van der Waals surface area contributed by atoms with Gasteiger partial charge in [-0.3, -0.25) is 0 Å². The van der Waals surface area contributed by atoms with Gasteiger partial charge in [0.25, 0.3) is 0 Å². The second-order valence-electron chi connectivity index (χ2n) is 3.98. The Morgan fingerprint density at radius 3 is 2.67 bits per heavy atom. The van der Waals surface area contributed by atoms with Crippen molar-refractivity contribution in [3.05, 3.63) is 66.7 Å². The molecule has 1 nitrogen and oxygen atoms in total. The first-order chi connectivity index (χ1) is 8.58. The standard InChI is InChI=1S/C14H11BrClIO/c15-12-6-5-10(17)8-11(12)14(18)7-9-3-1-2-4-13(9)16/h1-6,8,14,18H,7H2. The van der Waals surface area contributed by atoms with Crippen LogP contribution in [-0.2, 0) is 6.42 Å². The maximum Gasteiger partial charge on any atom is 0.0842 e. The van der Waals surface area contributed by atoms with E-state index in [2.05, 4.69) is 38.5 Å². The molecule has 94 valence electrons. The van der Waals surface area contributed by atoms with Crippen LogP contribution < -0.4 is 0 Å². The average Bonchev–Trinajstić information content (AvgIpc) is 2.35.